The Balaban J connectivity index is 1.13. The fourth-order valence-electron chi connectivity index (χ4n) is 8.25. The van der Waals surface area contributed by atoms with Crippen molar-refractivity contribution in [2.75, 3.05) is 0 Å². The van der Waals surface area contributed by atoms with Crippen molar-refractivity contribution >= 4 is 110 Å². The molecule has 254 valence electrons. The van der Waals surface area contributed by atoms with Gasteiger partial charge in [0.2, 0.25) is 0 Å². The van der Waals surface area contributed by atoms with Gasteiger partial charge in [0.15, 0.2) is 17.5 Å². The Morgan fingerprint density at radius 1 is 0.364 bits per heavy atom. The van der Waals surface area contributed by atoms with E-state index < -0.39 is 0 Å². The van der Waals surface area contributed by atoms with E-state index in [-0.39, 0.29) is 0 Å². The van der Waals surface area contributed by atoms with Gasteiger partial charge in [-0.2, -0.15) is 0 Å². The van der Waals surface area contributed by atoms with Gasteiger partial charge in [0.1, 0.15) is 61.6 Å². The highest BCUT2D eigenvalue weighted by atomic mass is 16.3. The molecule has 0 aliphatic heterocycles. The SMILES string of the molecule is Bc1c(B)c(B)c(-c2cccc(-c3nc(-c4ccccc4)nc(-c4ccc5c(c4)oc4cccc(-c6cccc7c6oc6ccccc67)c45)n3)c2)c(B)c1B. The molecule has 0 radical (unpaired) electrons. The lowest BCUT2D eigenvalue weighted by molar-refractivity contribution is 0.669. The molecule has 3 aromatic heterocycles. The molecule has 0 N–H and O–H groups in total. The van der Waals surface area contributed by atoms with Crippen LogP contribution in [0.4, 0.5) is 0 Å². The normalized spacial score (nSPS) is 11.6. The van der Waals surface area contributed by atoms with E-state index in [4.69, 9.17) is 23.8 Å². The first-order valence-electron chi connectivity index (χ1n) is 18.7. The Bertz CT molecular complexity index is 3150. The maximum Gasteiger partial charge on any atom is 0.164 e. The summed E-state index contributed by atoms with van der Waals surface area (Å²) < 4.78 is 13.0. The number of hydrogen-bond donors (Lipinski definition) is 0. The minimum absolute atomic E-state index is 0.582. The van der Waals surface area contributed by atoms with Crippen LogP contribution in [-0.2, 0) is 0 Å². The first-order chi connectivity index (χ1) is 26.8. The highest BCUT2D eigenvalue weighted by Crippen LogP contribution is 2.42. The Morgan fingerprint density at radius 2 is 0.927 bits per heavy atom. The summed E-state index contributed by atoms with van der Waals surface area (Å²) in [6, 6.07) is 45.7. The molecule has 0 atom stereocenters. The molecule has 55 heavy (non-hydrogen) atoms. The zero-order valence-corrected chi connectivity index (χ0v) is 31.4. The first-order valence-corrected chi connectivity index (χ1v) is 18.7. The summed E-state index contributed by atoms with van der Waals surface area (Å²) >= 11 is 0. The Morgan fingerprint density at radius 3 is 1.71 bits per heavy atom. The van der Waals surface area contributed by atoms with Gasteiger partial charge in [-0.25, -0.2) is 15.0 Å². The number of nitrogens with zero attached hydrogens (tertiary/aromatic N) is 3. The van der Waals surface area contributed by atoms with E-state index in [0.29, 0.717) is 17.5 Å². The van der Waals surface area contributed by atoms with Gasteiger partial charge in [0.25, 0.3) is 0 Å². The summed E-state index contributed by atoms with van der Waals surface area (Å²) in [6.07, 6.45) is 0. The molecule has 0 fully saturated rings. The number of para-hydroxylation sites is 2. The zero-order chi connectivity index (χ0) is 37.4. The van der Waals surface area contributed by atoms with E-state index in [2.05, 4.69) is 118 Å². The molecule has 0 aliphatic rings. The molecule has 10 heteroatoms. The molecule has 0 saturated carbocycles. The predicted molar refractivity (Wildman–Crippen MR) is 242 cm³/mol. The Kier molecular flexibility index (Phi) is 7.70. The minimum atomic E-state index is 0.582. The van der Waals surface area contributed by atoms with Gasteiger partial charge in [0.05, 0.1) is 0 Å². The molecule has 3 heterocycles. The second-order valence-electron chi connectivity index (χ2n) is 14.5. The van der Waals surface area contributed by atoms with Crippen molar-refractivity contribution in [1.29, 1.82) is 0 Å². The molecular formula is C45H32B5N3O2. The van der Waals surface area contributed by atoms with Crippen molar-refractivity contribution in [3.63, 3.8) is 0 Å². The van der Waals surface area contributed by atoms with E-state index in [1.807, 2.05) is 54.6 Å². The fraction of sp³-hybridized carbons (Fsp3) is 0. The number of aromatic nitrogens is 3. The van der Waals surface area contributed by atoms with Crippen molar-refractivity contribution in [1.82, 2.24) is 15.0 Å². The second kappa shape index (κ2) is 12.8. The lowest BCUT2D eigenvalue weighted by Gasteiger charge is -2.20. The number of hydrogen-bond acceptors (Lipinski definition) is 5. The van der Waals surface area contributed by atoms with Crippen LogP contribution < -0.4 is 27.3 Å². The van der Waals surface area contributed by atoms with Gasteiger partial charge in [-0.05, 0) is 47.0 Å². The number of rotatable bonds is 5. The largest absolute Gasteiger partial charge is 0.456 e. The van der Waals surface area contributed by atoms with Gasteiger partial charge in [0, 0.05) is 43.8 Å². The molecule has 5 nitrogen and oxygen atoms in total. The molecule has 0 amide bonds. The average molecular weight is 701 g/mol. The van der Waals surface area contributed by atoms with Crippen molar-refractivity contribution in [3.05, 3.63) is 133 Å². The van der Waals surface area contributed by atoms with Gasteiger partial charge >= 0.3 is 0 Å². The maximum absolute atomic E-state index is 6.59. The lowest BCUT2D eigenvalue weighted by atomic mass is 9.59. The highest BCUT2D eigenvalue weighted by Gasteiger charge is 2.20. The molecule has 0 spiro atoms. The second-order valence-corrected chi connectivity index (χ2v) is 14.5. The predicted octanol–water partition coefficient (Wildman–Crippen LogP) is 3.30. The van der Waals surface area contributed by atoms with Crippen molar-refractivity contribution in [2.24, 2.45) is 0 Å². The summed E-state index contributed by atoms with van der Waals surface area (Å²) in [5, 5.41) is 4.27. The van der Waals surface area contributed by atoms with Gasteiger partial charge in [-0.15, -0.1) is 16.4 Å². The molecule has 7 aromatic carbocycles. The number of benzene rings is 7. The smallest absolute Gasteiger partial charge is 0.164 e. The van der Waals surface area contributed by atoms with E-state index >= 15 is 0 Å². The average Bonchev–Trinajstić information content (AvgIpc) is 3.81. The highest BCUT2D eigenvalue weighted by molar-refractivity contribution is 6.68. The summed E-state index contributed by atoms with van der Waals surface area (Å²) in [7, 11) is 11.1. The molecular weight excluding hydrogens is 669 g/mol. The molecule has 0 saturated heterocycles. The van der Waals surface area contributed by atoms with Crippen molar-refractivity contribution in [3.8, 4) is 56.4 Å². The van der Waals surface area contributed by atoms with Crippen LogP contribution in [0.15, 0.2) is 142 Å². The van der Waals surface area contributed by atoms with Crippen molar-refractivity contribution < 1.29 is 8.83 Å². The van der Waals surface area contributed by atoms with Crippen LogP contribution in [0.2, 0.25) is 0 Å². The monoisotopic (exact) mass is 701 g/mol. The van der Waals surface area contributed by atoms with E-state index in [0.717, 1.165) is 77.3 Å². The number of furan rings is 2. The fourth-order valence-corrected chi connectivity index (χ4v) is 8.25. The summed E-state index contributed by atoms with van der Waals surface area (Å²) in [5.74, 6) is 1.82. The summed E-state index contributed by atoms with van der Waals surface area (Å²) in [5.41, 5.74) is 17.2. The first kappa shape index (κ1) is 33.1. The summed E-state index contributed by atoms with van der Waals surface area (Å²) in [4.78, 5) is 15.2. The number of fused-ring (bicyclic) bond motifs is 6. The van der Waals surface area contributed by atoms with Gasteiger partial charge in [-0.1, -0.05) is 114 Å². The van der Waals surface area contributed by atoms with Gasteiger partial charge in [-0.3, -0.25) is 0 Å². The van der Waals surface area contributed by atoms with Crippen LogP contribution >= 0.6 is 0 Å². The standard InChI is InChI=1S/C45H32B5N3O2/c46-37-35(38(47)40(49)41(50)39(37)48)24-11-6-12-25(21-24)44-51-43(23-9-2-1-3-10-23)52-45(53-44)26-19-20-31-34(22-26)54-33-18-8-14-28(36(31)33)30-16-7-15-29-27-13-4-5-17-32(27)55-42(29)30/h1-22H,46-50H2. The van der Waals surface area contributed by atoms with Crippen molar-refractivity contribution in [2.45, 2.75) is 0 Å². The third-order valence-corrected chi connectivity index (χ3v) is 11.5. The Labute approximate surface area is 322 Å². The third-order valence-electron chi connectivity index (χ3n) is 11.5. The van der Waals surface area contributed by atoms with E-state index in [1.165, 1.54) is 32.9 Å². The van der Waals surface area contributed by atoms with Crippen LogP contribution in [0.1, 0.15) is 0 Å². The zero-order valence-electron chi connectivity index (χ0n) is 31.4. The molecule has 10 rings (SSSR count). The maximum atomic E-state index is 6.59. The molecule has 0 bridgehead atoms. The van der Waals surface area contributed by atoms with Crippen LogP contribution in [0.3, 0.4) is 0 Å². The summed E-state index contributed by atoms with van der Waals surface area (Å²) in [6.45, 7) is 0. The molecule has 0 unspecified atom stereocenters. The molecule has 10 aromatic rings. The quantitative estimate of drug-likeness (QED) is 0.258. The van der Waals surface area contributed by atoms with Crippen LogP contribution in [0.5, 0.6) is 0 Å². The van der Waals surface area contributed by atoms with E-state index in [1.54, 1.807) is 0 Å². The van der Waals surface area contributed by atoms with Gasteiger partial charge < -0.3 is 8.83 Å². The third kappa shape index (κ3) is 5.35. The lowest BCUT2D eigenvalue weighted by Crippen LogP contribution is -2.55. The minimum Gasteiger partial charge on any atom is -0.456 e. The molecule has 0 aliphatic carbocycles. The van der Waals surface area contributed by atoms with Crippen LogP contribution in [0.25, 0.3) is 100 Å². The Hall–Kier alpha value is -6.53. The topological polar surface area (TPSA) is 65.0 Å². The van der Waals surface area contributed by atoms with Crippen LogP contribution in [-0.4, -0.2) is 54.2 Å². The van der Waals surface area contributed by atoms with Crippen LogP contribution in [0, 0.1) is 0 Å². The van der Waals surface area contributed by atoms with E-state index in [9.17, 15) is 0 Å².